The number of nitrogen functional groups attached to an aromatic ring is 1. The number of nitrogens with zero attached hydrogens (tertiary/aromatic N) is 3. The fourth-order valence-corrected chi connectivity index (χ4v) is 3.57. The van der Waals surface area contributed by atoms with E-state index < -0.39 is 0 Å². The van der Waals surface area contributed by atoms with Gasteiger partial charge in [-0.15, -0.1) is 0 Å². The average Bonchev–Trinajstić information content (AvgIpc) is 3.09. The highest BCUT2D eigenvalue weighted by molar-refractivity contribution is 9.10. The topological polar surface area (TPSA) is 106 Å². The van der Waals surface area contributed by atoms with E-state index in [0.29, 0.717) is 5.65 Å². The average molecular weight is 443 g/mol. The zero-order valence-electron chi connectivity index (χ0n) is 14.0. The Kier molecular flexibility index (Phi) is 5.94. The Morgan fingerprint density at radius 1 is 1.00 bits per heavy atom. The van der Waals surface area contributed by atoms with Crippen LogP contribution in [0.1, 0.15) is 0 Å². The van der Waals surface area contributed by atoms with E-state index in [-0.39, 0.29) is 0 Å². The number of nitrogens with two attached hydrogens (primary N) is 1. The molecule has 2 aromatic heterocycles. The minimum absolute atomic E-state index is 0.649. The number of fused-ring (bicyclic) bond motifs is 1. The molecule has 0 bridgehead atoms. The van der Waals surface area contributed by atoms with E-state index in [2.05, 4.69) is 41.5 Å². The molecule has 0 spiro atoms. The molecule has 7 nitrogen and oxygen atoms in total. The summed E-state index contributed by atoms with van der Waals surface area (Å²) < 4.78 is 1.89. The van der Waals surface area contributed by atoms with Gasteiger partial charge in [-0.1, -0.05) is 33.3 Å². The molecule has 0 aliphatic heterocycles. The third kappa shape index (κ3) is 4.57. The van der Waals surface area contributed by atoms with Gasteiger partial charge < -0.3 is 21.2 Å². The largest absolute Gasteiger partial charge is 0.399 e. The Morgan fingerprint density at radius 2 is 1.78 bits per heavy atom. The highest BCUT2D eigenvalue weighted by Gasteiger charge is 2.11. The number of carbonyl (C=O) groups excluding carboxylic acids is 1. The van der Waals surface area contributed by atoms with E-state index in [1.165, 1.54) is 17.7 Å². The van der Waals surface area contributed by atoms with Crippen molar-refractivity contribution in [2.24, 2.45) is 0 Å². The smallest absolute Gasteiger partial charge is 0.189 e. The number of hydrogen-bond acceptors (Lipinski definition) is 8. The van der Waals surface area contributed by atoms with Crippen molar-refractivity contribution in [2.75, 3.05) is 16.4 Å². The van der Waals surface area contributed by atoms with Gasteiger partial charge in [0, 0.05) is 21.5 Å². The van der Waals surface area contributed by atoms with Gasteiger partial charge in [0.2, 0.25) is 0 Å². The minimum Gasteiger partial charge on any atom is -0.399 e. The summed E-state index contributed by atoms with van der Waals surface area (Å²) >= 11 is 4.96. The van der Waals surface area contributed by atoms with E-state index in [1.54, 1.807) is 0 Å². The number of hydrogen-bond donors (Lipinski definition) is 3. The first kappa shape index (κ1) is 18.7. The Labute approximate surface area is 167 Å². The Balaban J connectivity index is 0.00000102. The van der Waals surface area contributed by atoms with Gasteiger partial charge >= 0.3 is 0 Å². The van der Waals surface area contributed by atoms with E-state index in [4.69, 9.17) is 10.5 Å². The first-order chi connectivity index (χ1) is 13.2. The Hall–Kier alpha value is -3.04. The van der Waals surface area contributed by atoms with Gasteiger partial charge in [-0.05, 0) is 42.5 Å². The number of rotatable bonds is 4. The summed E-state index contributed by atoms with van der Waals surface area (Å²) in [7, 11) is 0. The summed E-state index contributed by atoms with van der Waals surface area (Å²) in [6, 6.07) is 15.4. The molecule has 136 valence electrons. The highest BCUT2D eigenvalue weighted by Crippen LogP contribution is 2.33. The van der Waals surface area contributed by atoms with Crippen molar-refractivity contribution in [3.63, 3.8) is 0 Å². The number of carbonyl (C=O) groups is 1. The molecule has 0 aliphatic carbocycles. The predicted molar refractivity (Wildman–Crippen MR) is 114 cm³/mol. The number of aromatic nitrogens is 3. The van der Waals surface area contributed by atoms with Crippen molar-refractivity contribution in [3.05, 3.63) is 59.3 Å². The van der Waals surface area contributed by atoms with Gasteiger partial charge in [-0.25, -0.2) is 9.97 Å². The highest BCUT2D eigenvalue weighted by atomic mass is 79.9. The number of thiazole rings is 1. The van der Waals surface area contributed by atoms with E-state index in [0.717, 1.165) is 37.2 Å². The molecule has 4 N–H and O–H groups in total. The summed E-state index contributed by atoms with van der Waals surface area (Å²) in [5.41, 5.74) is 8.95. The van der Waals surface area contributed by atoms with Crippen LogP contribution in [-0.4, -0.2) is 21.7 Å². The van der Waals surface area contributed by atoms with Crippen LogP contribution in [0.15, 0.2) is 59.3 Å². The van der Waals surface area contributed by atoms with Gasteiger partial charge in [-0.2, -0.15) is 4.98 Å². The van der Waals surface area contributed by atoms with Crippen molar-refractivity contribution in [1.82, 2.24) is 15.0 Å². The zero-order chi connectivity index (χ0) is 19.2. The van der Waals surface area contributed by atoms with Crippen LogP contribution in [-0.2, 0) is 4.79 Å². The number of anilines is 5. The zero-order valence-corrected chi connectivity index (χ0v) is 16.4. The summed E-state index contributed by atoms with van der Waals surface area (Å²) in [5, 5.41) is 7.33. The standard InChI is InChI=1S/C17H13BrN6S.CH2O/c18-10-2-1-3-13(8-10)22-15-14-16(21-9-20-15)24-17(25-14)23-12-6-4-11(19)5-7-12;1-2/h1-9H,19H2,(H2,20,21,22,23,24);1H2. The molecule has 4 rings (SSSR count). The molecule has 0 saturated carbocycles. The Morgan fingerprint density at radius 3 is 2.52 bits per heavy atom. The number of benzene rings is 2. The fourth-order valence-electron chi connectivity index (χ4n) is 2.29. The molecule has 0 aliphatic rings. The lowest BCUT2D eigenvalue weighted by atomic mass is 10.3. The van der Waals surface area contributed by atoms with Crippen LogP contribution in [0.5, 0.6) is 0 Å². The monoisotopic (exact) mass is 442 g/mol. The van der Waals surface area contributed by atoms with Crippen LogP contribution < -0.4 is 16.4 Å². The Bertz CT molecular complexity index is 1050. The fraction of sp³-hybridized carbons (Fsp3) is 0. The van der Waals surface area contributed by atoms with E-state index in [9.17, 15) is 0 Å². The van der Waals surface area contributed by atoms with Crippen molar-refractivity contribution >= 4 is 72.4 Å². The quantitative estimate of drug-likeness (QED) is 0.392. The lowest BCUT2D eigenvalue weighted by molar-refractivity contribution is -0.0979. The lowest BCUT2D eigenvalue weighted by Gasteiger charge is -2.05. The van der Waals surface area contributed by atoms with E-state index >= 15 is 0 Å². The molecule has 0 amide bonds. The summed E-state index contributed by atoms with van der Waals surface area (Å²) in [5.74, 6) is 0.728. The third-order valence-electron chi connectivity index (χ3n) is 3.44. The second kappa shape index (κ2) is 8.56. The van der Waals surface area contributed by atoms with Crippen LogP contribution in [0.2, 0.25) is 0 Å². The molecule has 2 aromatic carbocycles. The second-order valence-electron chi connectivity index (χ2n) is 5.28. The molecule has 0 fully saturated rings. The first-order valence-corrected chi connectivity index (χ1v) is 9.34. The number of nitrogens with one attached hydrogen (secondary N) is 2. The van der Waals surface area contributed by atoms with Gasteiger partial charge in [0.25, 0.3) is 0 Å². The van der Waals surface area contributed by atoms with Gasteiger partial charge in [0.1, 0.15) is 17.8 Å². The molecule has 2 heterocycles. The molecule has 27 heavy (non-hydrogen) atoms. The van der Waals surface area contributed by atoms with Crippen LogP contribution >= 0.6 is 27.3 Å². The van der Waals surface area contributed by atoms with E-state index in [1.807, 2.05) is 55.3 Å². The SMILES string of the molecule is C=O.Nc1ccc(Nc2nc3ncnc(Nc4cccc(Br)c4)c3s2)cc1. The maximum absolute atomic E-state index is 8.00. The van der Waals surface area contributed by atoms with Crippen molar-refractivity contribution < 1.29 is 4.79 Å². The maximum Gasteiger partial charge on any atom is 0.189 e. The van der Waals surface area contributed by atoms with Crippen molar-refractivity contribution in [2.45, 2.75) is 0 Å². The lowest BCUT2D eigenvalue weighted by Crippen LogP contribution is -1.94. The van der Waals surface area contributed by atoms with Crippen LogP contribution in [0.3, 0.4) is 0 Å². The normalized spacial score (nSPS) is 10.1. The van der Waals surface area contributed by atoms with Crippen LogP contribution in [0.25, 0.3) is 10.3 Å². The van der Waals surface area contributed by atoms with Gasteiger partial charge in [0.05, 0.1) is 0 Å². The first-order valence-electron chi connectivity index (χ1n) is 7.73. The molecule has 0 saturated heterocycles. The third-order valence-corrected chi connectivity index (χ3v) is 4.90. The van der Waals surface area contributed by atoms with Crippen LogP contribution in [0.4, 0.5) is 28.0 Å². The maximum atomic E-state index is 8.00. The predicted octanol–water partition coefficient (Wildman–Crippen LogP) is 4.73. The summed E-state index contributed by atoms with van der Waals surface area (Å²) in [6.45, 7) is 2.00. The molecule has 0 unspecified atom stereocenters. The van der Waals surface area contributed by atoms with Gasteiger partial charge in [-0.3, -0.25) is 0 Å². The molecular formula is C18H15BrN6OS. The molecule has 9 heteroatoms. The summed E-state index contributed by atoms with van der Waals surface area (Å²) in [4.78, 5) is 21.1. The van der Waals surface area contributed by atoms with Crippen LogP contribution in [0, 0.1) is 0 Å². The second-order valence-corrected chi connectivity index (χ2v) is 7.19. The van der Waals surface area contributed by atoms with Crippen molar-refractivity contribution in [1.29, 1.82) is 0 Å². The van der Waals surface area contributed by atoms with Crippen molar-refractivity contribution in [3.8, 4) is 0 Å². The minimum atomic E-state index is 0.649. The molecule has 4 aromatic rings. The molecule has 0 radical (unpaired) electrons. The molecule has 0 atom stereocenters. The summed E-state index contributed by atoms with van der Waals surface area (Å²) in [6.07, 6.45) is 1.51. The van der Waals surface area contributed by atoms with Gasteiger partial charge in [0.15, 0.2) is 16.6 Å². The molecular weight excluding hydrogens is 428 g/mol. The number of halogens is 1.